The van der Waals surface area contributed by atoms with Crippen molar-refractivity contribution in [3.8, 4) is 11.4 Å². The van der Waals surface area contributed by atoms with Crippen molar-refractivity contribution in [1.82, 2.24) is 15.0 Å². The third kappa shape index (κ3) is 3.39. The third-order valence-electron chi connectivity index (χ3n) is 3.97. The zero-order valence-corrected chi connectivity index (χ0v) is 15.2. The van der Waals surface area contributed by atoms with E-state index >= 15 is 0 Å². The van der Waals surface area contributed by atoms with Gasteiger partial charge >= 0.3 is 0 Å². The number of halogens is 1. The summed E-state index contributed by atoms with van der Waals surface area (Å²) in [6.07, 6.45) is 2.17. The van der Waals surface area contributed by atoms with E-state index < -0.39 is 0 Å². The van der Waals surface area contributed by atoms with E-state index in [1.807, 2.05) is 24.3 Å². The Morgan fingerprint density at radius 1 is 1.08 bits per heavy atom. The van der Waals surface area contributed by atoms with Gasteiger partial charge in [0.15, 0.2) is 5.82 Å². The highest BCUT2D eigenvalue weighted by atomic mass is 35.5. The Morgan fingerprint density at radius 2 is 1.83 bits per heavy atom. The summed E-state index contributed by atoms with van der Waals surface area (Å²) in [5.74, 6) is 1.71. The van der Waals surface area contributed by atoms with Gasteiger partial charge in [-0.3, -0.25) is 0 Å². The summed E-state index contributed by atoms with van der Waals surface area (Å²) in [6, 6.07) is 9.83. The molecule has 1 aromatic carbocycles. The van der Waals surface area contributed by atoms with Crippen LogP contribution in [0.25, 0.3) is 22.4 Å². The van der Waals surface area contributed by atoms with E-state index in [0.29, 0.717) is 10.8 Å². The summed E-state index contributed by atoms with van der Waals surface area (Å²) in [4.78, 5) is 15.3. The number of fused-ring (bicyclic) bond motifs is 1. The lowest BCUT2D eigenvalue weighted by Gasteiger charge is -2.23. The second-order valence-corrected chi connectivity index (χ2v) is 6.52. The molecular formula is C19H23ClN4. The molecule has 24 heavy (non-hydrogen) atoms. The van der Waals surface area contributed by atoms with Gasteiger partial charge in [0, 0.05) is 29.4 Å². The minimum atomic E-state index is 0.694. The molecule has 0 aliphatic heterocycles. The van der Waals surface area contributed by atoms with Gasteiger partial charge in [-0.1, -0.05) is 37.6 Å². The van der Waals surface area contributed by atoms with Gasteiger partial charge in [-0.05, 0) is 38.0 Å². The first-order valence-electron chi connectivity index (χ1n) is 8.50. The van der Waals surface area contributed by atoms with Crippen LogP contribution in [0.4, 0.5) is 5.82 Å². The van der Waals surface area contributed by atoms with Crippen LogP contribution < -0.4 is 4.90 Å². The molecule has 0 unspecified atom stereocenters. The second-order valence-electron chi connectivity index (χ2n) is 6.08. The van der Waals surface area contributed by atoms with E-state index in [1.165, 1.54) is 0 Å². The molecule has 0 saturated carbocycles. The minimum Gasteiger partial charge on any atom is -0.356 e. The van der Waals surface area contributed by atoms with Gasteiger partial charge in [0.25, 0.3) is 0 Å². The van der Waals surface area contributed by atoms with Crippen LogP contribution in [0.15, 0.2) is 30.3 Å². The number of benzene rings is 1. The fraction of sp³-hybridized carbons (Fsp3) is 0.368. The van der Waals surface area contributed by atoms with E-state index in [4.69, 9.17) is 21.6 Å². The standard InChI is InChI=1S/C19H23ClN4/c1-4-9-24(10-5-2)19-16-11-13(3)21-18(16)22-17(23-19)14-7-6-8-15(20)12-14/h6-8,11-12H,4-5,9-10H2,1-3H3,(H,21,22,23). The number of aromatic nitrogens is 3. The first kappa shape index (κ1) is 16.8. The number of aryl methyl sites for hydroxylation is 1. The van der Waals surface area contributed by atoms with E-state index in [2.05, 4.69) is 36.7 Å². The molecule has 1 N–H and O–H groups in total. The lowest BCUT2D eigenvalue weighted by atomic mass is 10.2. The third-order valence-corrected chi connectivity index (χ3v) is 4.21. The smallest absolute Gasteiger partial charge is 0.163 e. The predicted molar refractivity (Wildman–Crippen MR) is 102 cm³/mol. The maximum absolute atomic E-state index is 6.15. The number of H-pyrrole nitrogens is 1. The Kier molecular flexibility index (Phi) is 5.05. The second kappa shape index (κ2) is 7.22. The van der Waals surface area contributed by atoms with Crippen molar-refractivity contribution < 1.29 is 0 Å². The molecule has 0 bridgehead atoms. The van der Waals surface area contributed by atoms with Gasteiger partial charge in [-0.15, -0.1) is 0 Å². The van der Waals surface area contributed by atoms with Gasteiger partial charge in [-0.25, -0.2) is 9.97 Å². The molecule has 0 atom stereocenters. The number of nitrogens with one attached hydrogen (secondary N) is 1. The summed E-state index contributed by atoms with van der Waals surface area (Å²) < 4.78 is 0. The van der Waals surface area contributed by atoms with Crippen LogP contribution in [0.3, 0.4) is 0 Å². The first-order valence-corrected chi connectivity index (χ1v) is 8.88. The molecule has 0 aliphatic rings. The lowest BCUT2D eigenvalue weighted by molar-refractivity contribution is 0.737. The molecule has 2 aromatic heterocycles. The average Bonchev–Trinajstić information content (AvgIpc) is 2.94. The quantitative estimate of drug-likeness (QED) is 0.668. The number of aromatic amines is 1. The summed E-state index contributed by atoms with van der Waals surface area (Å²) in [5.41, 5.74) is 2.91. The van der Waals surface area contributed by atoms with Crippen molar-refractivity contribution >= 4 is 28.5 Å². The van der Waals surface area contributed by atoms with Crippen molar-refractivity contribution in [2.75, 3.05) is 18.0 Å². The molecule has 0 amide bonds. The molecule has 126 valence electrons. The molecule has 0 spiro atoms. The fourth-order valence-corrected chi connectivity index (χ4v) is 3.18. The highest BCUT2D eigenvalue weighted by Crippen LogP contribution is 2.29. The van der Waals surface area contributed by atoms with Gasteiger partial charge in [0.1, 0.15) is 11.5 Å². The Bertz CT molecular complexity index is 834. The molecule has 0 radical (unpaired) electrons. The van der Waals surface area contributed by atoms with Crippen LogP contribution in [0.5, 0.6) is 0 Å². The lowest BCUT2D eigenvalue weighted by Crippen LogP contribution is -2.26. The SMILES string of the molecule is CCCN(CCC)c1nc(-c2cccc(Cl)c2)nc2[nH]c(C)cc12. The highest BCUT2D eigenvalue weighted by Gasteiger charge is 2.16. The van der Waals surface area contributed by atoms with E-state index in [-0.39, 0.29) is 0 Å². The van der Waals surface area contributed by atoms with Crippen molar-refractivity contribution in [1.29, 1.82) is 0 Å². The van der Waals surface area contributed by atoms with Gasteiger partial charge in [0.2, 0.25) is 0 Å². The predicted octanol–water partition coefficient (Wildman–Crippen LogP) is 5.21. The van der Waals surface area contributed by atoms with Crippen LogP contribution in [0.2, 0.25) is 5.02 Å². The molecule has 5 heteroatoms. The molecular weight excluding hydrogens is 320 g/mol. The van der Waals surface area contributed by atoms with Crippen LogP contribution >= 0.6 is 11.6 Å². The van der Waals surface area contributed by atoms with Crippen molar-refractivity contribution in [2.24, 2.45) is 0 Å². The zero-order valence-electron chi connectivity index (χ0n) is 14.4. The molecule has 4 nitrogen and oxygen atoms in total. The van der Waals surface area contributed by atoms with Gasteiger partial charge < -0.3 is 9.88 Å². The Labute approximate surface area is 147 Å². The van der Waals surface area contributed by atoms with Gasteiger partial charge in [-0.2, -0.15) is 0 Å². The van der Waals surface area contributed by atoms with E-state index in [9.17, 15) is 0 Å². The molecule has 3 aromatic rings. The molecule has 2 heterocycles. The van der Waals surface area contributed by atoms with Crippen molar-refractivity contribution in [3.63, 3.8) is 0 Å². The van der Waals surface area contributed by atoms with E-state index in [1.54, 1.807) is 0 Å². The monoisotopic (exact) mass is 342 g/mol. The molecule has 3 rings (SSSR count). The average molecular weight is 343 g/mol. The number of anilines is 1. The summed E-state index contributed by atoms with van der Waals surface area (Å²) >= 11 is 6.15. The highest BCUT2D eigenvalue weighted by molar-refractivity contribution is 6.30. The van der Waals surface area contributed by atoms with Gasteiger partial charge in [0.05, 0.1) is 5.39 Å². The largest absolute Gasteiger partial charge is 0.356 e. The van der Waals surface area contributed by atoms with Crippen LogP contribution in [0.1, 0.15) is 32.4 Å². The van der Waals surface area contributed by atoms with Crippen LogP contribution in [-0.4, -0.2) is 28.0 Å². The normalized spacial score (nSPS) is 11.2. The van der Waals surface area contributed by atoms with Crippen LogP contribution in [0, 0.1) is 6.92 Å². The summed E-state index contributed by atoms with van der Waals surface area (Å²) in [5, 5.41) is 1.78. The number of hydrogen-bond donors (Lipinski definition) is 1. The minimum absolute atomic E-state index is 0.694. The summed E-state index contributed by atoms with van der Waals surface area (Å²) in [7, 11) is 0. The fourth-order valence-electron chi connectivity index (χ4n) is 2.99. The molecule has 0 fully saturated rings. The number of hydrogen-bond acceptors (Lipinski definition) is 3. The van der Waals surface area contributed by atoms with Crippen molar-refractivity contribution in [2.45, 2.75) is 33.6 Å². The Morgan fingerprint density at radius 3 is 2.50 bits per heavy atom. The maximum atomic E-state index is 6.15. The Balaban J connectivity index is 2.18. The first-order chi connectivity index (χ1) is 11.6. The number of nitrogens with zero attached hydrogens (tertiary/aromatic N) is 3. The van der Waals surface area contributed by atoms with E-state index in [0.717, 1.165) is 54.0 Å². The maximum Gasteiger partial charge on any atom is 0.163 e. The topological polar surface area (TPSA) is 44.8 Å². The van der Waals surface area contributed by atoms with Crippen LogP contribution in [-0.2, 0) is 0 Å². The Hall–Kier alpha value is -2.07. The molecule has 0 aliphatic carbocycles. The summed E-state index contributed by atoms with van der Waals surface area (Å²) in [6.45, 7) is 8.41. The zero-order chi connectivity index (χ0) is 17.1. The van der Waals surface area contributed by atoms with Crippen molar-refractivity contribution in [3.05, 3.63) is 41.0 Å². The molecule has 0 saturated heterocycles. The number of rotatable bonds is 6.